The van der Waals surface area contributed by atoms with E-state index in [1.807, 2.05) is 11.0 Å². The molecular formula is C18H24N4O2. The molecule has 2 N–H and O–H groups in total. The smallest absolute Gasteiger partial charge is 0.239 e. The van der Waals surface area contributed by atoms with Crippen LogP contribution in [-0.4, -0.2) is 51.4 Å². The zero-order valence-electron chi connectivity index (χ0n) is 14.0. The maximum Gasteiger partial charge on any atom is 0.239 e. The molecule has 6 heteroatoms. The van der Waals surface area contributed by atoms with E-state index in [2.05, 4.69) is 35.5 Å². The Morgan fingerprint density at radius 3 is 3.08 bits per heavy atom. The van der Waals surface area contributed by atoms with E-state index < -0.39 is 0 Å². The summed E-state index contributed by atoms with van der Waals surface area (Å²) in [6, 6.07) is 10.0. The van der Waals surface area contributed by atoms with E-state index >= 15 is 0 Å². The second-order valence-electron chi connectivity index (χ2n) is 6.44. The second kappa shape index (κ2) is 7.59. The molecule has 1 saturated heterocycles. The Morgan fingerprint density at radius 1 is 1.42 bits per heavy atom. The van der Waals surface area contributed by atoms with E-state index in [9.17, 15) is 9.90 Å². The van der Waals surface area contributed by atoms with Crippen LogP contribution in [0.4, 0.5) is 5.82 Å². The number of anilines is 1. The van der Waals surface area contributed by atoms with Gasteiger partial charge in [0.15, 0.2) is 0 Å². The minimum atomic E-state index is -0.321. The number of hydrogen-bond acceptors (Lipinski definition) is 4. The van der Waals surface area contributed by atoms with Crippen LogP contribution in [0.15, 0.2) is 36.5 Å². The molecule has 128 valence electrons. The van der Waals surface area contributed by atoms with Crippen molar-refractivity contribution < 1.29 is 9.90 Å². The maximum atomic E-state index is 12.3. The van der Waals surface area contributed by atoms with Crippen molar-refractivity contribution in [1.82, 2.24) is 14.7 Å². The molecule has 1 atom stereocenters. The van der Waals surface area contributed by atoms with Crippen molar-refractivity contribution in [3.05, 3.63) is 47.7 Å². The van der Waals surface area contributed by atoms with Gasteiger partial charge in [-0.25, -0.2) is 4.68 Å². The fourth-order valence-electron chi connectivity index (χ4n) is 3.11. The van der Waals surface area contributed by atoms with Gasteiger partial charge >= 0.3 is 0 Å². The van der Waals surface area contributed by atoms with E-state index in [0.717, 1.165) is 24.9 Å². The monoisotopic (exact) mass is 328 g/mol. The number of nitrogens with one attached hydrogen (secondary N) is 1. The molecule has 6 nitrogen and oxygen atoms in total. The number of benzene rings is 1. The van der Waals surface area contributed by atoms with E-state index in [1.165, 1.54) is 5.56 Å². The van der Waals surface area contributed by atoms with Crippen molar-refractivity contribution in [2.75, 3.05) is 25.0 Å². The van der Waals surface area contributed by atoms with Gasteiger partial charge in [-0.2, -0.15) is 5.10 Å². The summed E-state index contributed by atoms with van der Waals surface area (Å²) >= 11 is 0. The van der Waals surface area contributed by atoms with Gasteiger partial charge in [0.25, 0.3) is 0 Å². The van der Waals surface area contributed by atoms with Crippen molar-refractivity contribution in [2.24, 2.45) is 0 Å². The SMILES string of the molecule is Cc1cccc(Cn2nccc2NC(=O)CN2CCCC(O)C2)c1. The first-order chi connectivity index (χ1) is 11.6. The largest absolute Gasteiger partial charge is 0.392 e. The van der Waals surface area contributed by atoms with Crippen molar-refractivity contribution in [2.45, 2.75) is 32.4 Å². The summed E-state index contributed by atoms with van der Waals surface area (Å²) in [7, 11) is 0. The van der Waals surface area contributed by atoms with Crippen LogP contribution in [0.25, 0.3) is 0 Å². The van der Waals surface area contributed by atoms with Crippen LogP contribution in [0.5, 0.6) is 0 Å². The molecule has 1 amide bonds. The third-order valence-electron chi connectivity index (χ3n) is 4.25. The summed E-state index contributed by atoms with van der Waals surface area (Å²) in [4.78, 5) is 14.3. The van der Waals surface area contributed by atoms with Crippen LogP contribution < -0.4 is 5.32 Å². The topological polar surface area (TPSA) is 70.4 Å². The zero-order chi connectivity index (χ0) is 16.9. The molecule has 1 aliphatic heterocycles. The number of carbonyl (C=O) groups is 1. The van der Waals surface area contributed by atoms with Gasteiger partial charge in [-0.1, -0.05) is 29.8 Å². The number of nitrogens with zero attached hydrogens (tertiary/aromatic N) is 3. The van der Waals surface area contributed by atoms with Crippen LogP contribution in [0.2, 0.25) is 0 Å². The van der Waals surface area contributed by atoms with Crippen LogP contribution >= 0.6 is 0 Å². The molecule has 0 spiro atoms. The molecule has 1 unspecified atom stereocenters. The summed E-state index contributed by atoms with van der Waals surface area (Å²) in [5.74, 6) is 0.620. The summed E-state index contributed by atoms with van der Waals surface area (Å²) in [6.45, 7) is 4.39. The number of amides is 1. The molecule has 0 bridgehead atoms. The van der Waals surface area contributed by atoms with Crippen LogP contribution in [0.3, 0.4) is 0 Å². The number of aliphatic hydroxyl groups is 1. The Hall–Kier alpha value is -2.18. The highest BCUT2D eigenvalue weighted by Gasteiger charge is 2.20. The Labute approximate surface area is 142 Å². The minimum Gasteiger partial charge on any atom is -0.392 e. The molecule has 1 aliphatic rings. The second-order valence-corrected chi connectivity index (χ2v) is 6.44. The van der Waals surface area contributed by atoms with Crippen molar-refractivity contribution in [3.8, 4) is 0 Å². The minimum absolute atomic E-state index is 0.0740. The number of aryl methyl sites for hydroxylation is 1. The average molecular weight is 328 g/mol. The molecule has 1 aromatic carbocycles. The lowest BCUT2D eigenvalue weighted by atomic mass is 10.1. The van der Waals surface area contributed by atoms with Crippen molar-refractivity contribution in [3.63, 3.8) is 0 Å². The van der Waals surface area contributed by atoms with E-state index in [1.54, 1.807) is 16.9 Å². The van der Waals surface area contributed by atoms with E-state index in [4.69, 9.17) is 0 Å². The molecule has 0 aliphatic carbocycles. The average Bonchev–Trinajstić information content (AvgIpc) is 2.94. The highest BCUT2D eigenvalue weighted by atomic mass is 16.3. The van der Waals surface area contributed by atoms with Gasteiger partial charge in [-0.3, -0.25) is 9.69 Å². The van der Waals surface area contributed by atoms with Gasteiger partial charge < -0.3 is 10.4 Å². The number of aromatic nitrogens is 2. The molecule has 0 saturated carbocycles. The van der Waals surface area contributed by atoms with Gasteiger partial charge in [-0.05, 0) is 31.9 Å². The van der Waals surface area contributed by atoms with Gasteiger partial charge in [0, 0.05) is 12.6 Å². The third-order valence-corrected chi connectivity index (χ3v) is 4.25. The van der Waals surface area contributed by atoms with Crippen LogP contribution in [-0.2, 0) is 11.3 Å². The molecule has 2 heterocycles. The highest BCUT2D eigenvalue weighted by Crippen LogP contribution is 2.13. The molecule has 1 aromatic heterocycles. The quantitative estimate of drug-likeness (QED) is 0.875. The van der Waals surface area contributed by atoms with Gasteiger partial charge in [0.1, 0.15) is 5.82 Å². The first-order valence-electron chi connectivity index (χ1n) is 8.38. The highest BCUT2D eigenvalue weighted by molar-refractivity contribution is 5.91. The van der Waals surface area contributed by atoms with Gasteiger partial charge in [-0.15, -0.1) is 0 Å². The van der Waals surface area contributed by atoms with Crippen LogP contribution in [0, 0.1) is 6.92 Å². The first kappa shape index (κ1) is 16.7. The van der Waals surface area contributed by atoms with E-state index in [-0.39, 0.29) is 12.0 Å². The number of hydrogen-bond donors (Lipinski definition) is 2. The first-order valence-corrected chi connectivity index (χ1v) is 8.38. The summed E-state index contributed by atoms with van der Waals surface area (Å²) < 4.78 is 1.79. The number of piperidine rings is 1. The molecular weight excluding hydrogens is 304 g/mol. The van der Waals surface area contributed by atoms with Gasteiger partial charge in [0.2, 0.25) is 5.91 Å². The number of rotatable bonds is 5. The Balaban J connectivity index is 1.59. The van der Waals surface area contributed by atoms with Gasteiger partial charge in [0.05, 0.1) is 25.4 Å². The molecule has 1 fully saturated rings. The molecule has 24 heavy (non-hydrogen) atoms. The number of likely N-dealkylation sites (tertiary alicyclic amines) is 1. The number of carbonyl (C=O) groups excluding carboxylic acids is 1. The van der Waals surface area contributed by atoms with Crippen molar-refractivity contribution in [1.29, 1.82) is 0 Å². The zero-order valence-corrected chi connectivity index (χ0v) is 14.0. The third kappa shape index (κ3) is 4.43. The van der Waals surface area contributed by atoms with Crippen LogP contribution in [0.1, 0.15) is 24.0 Å². The summed E-state index contributed by atoms with van der Waals surface area (Å²) in [5.41, 5.74) is 2.35. The lowest BCUT2D eigenvalue weighted by Crippen LogP contribution is -2.42. The van der Waals surface area contributed by atoms with Crippen molar-refractivity contribution >= 4 is 11.7 Å². The fraction of sp³-hybridized carbons (Fsp3) is 0.444. The normalized spacial score (nSPS) is 18.5. The predicted octanol–water partition coefficient (Wildman–Crippen LogP) is 1.64. The molecule has 2 aromatic rings. The summed E-state index contributed by atoms with van der Waals surface area (Å²) in [6.07, 6.45) is 3.12. The maximum absolute atomic E-state index is 12.3. The Bertz CT molecular complexity index is 698. The number of aliphatic hydroxyl groups excluding tert-OH is 1. The standard InChI is InChI=1S/C18H24N4O2/c1-14-4-2-5-15(10-14)11-22-17(7-8-19-22)20-18(24)13-21-9-3-6-16(23)12-21/h2,4-5,7-8,10,16,23H,3,6,9,11-13H2,1H3,(H,20,24). The number of β-amino-alcohol motifs (C(OH)–C–C–N with tert-alkyl or cyclic N) is 1. The lowest BCUT2D eigenvalue weighted by molar-refractivity contribution is -0.118. The fourth-order valence-corrected chi connectivity index (χ4v) is 3.11. The molecule has 0 radical (unpaired) electrons. The lowest BCUT2D eigenvalue weighted by Gasteiger charge is -2.29. The molecule has 3 rings (SSSR count). The predicted molar refractivity (Wildman–Crippen MR) is 92.8 cm³/mol. The van der Waals surface area contributed by atoms with E-state index in [0.29, 0.717) is 25.5 Å². The Kier molecular flexibility index (Phi) is 5.27. The Morgan fingerprint density at radius 2 is 2.29 bits per heavy atom. The summed E-state index contributed by atoms with van der Waals surface area (Å²) in [5, 5.41) is 16.9.